The maximum atomic E-state index is 12.7. The van der Waals surface area contributed by atoms with Crippen LogP contribution in [0.2, 0.25) is 0 Å². The lowest BCUT2D eigenvalue weighted by molar-refractivity contribution is 0.0600. The van der Waals surface area contributed by atoms with Crippen LogP contribution in [0, 0.1) is 0 Å². The number of para-hydroxylation sites is 1. The molecule has 1 N–H and O–H groups in total. The smallest absolute Gasteiger partial charge is 0.337 e. The molecule has 0 amide bonds. The second-order valence-electron chi connectivity index (χ2n) is 6.17. The highest BCUT2D eigenvalue weighted by Gasteiger charge is 2.18. The van der Waals surface area contributed by atoms with Crippen molar-refractivity contribution in [1.29, 1.82) is 0 Å². The van der Waals surface area contributed by atoms with Gasteiger partial charge in [-0.25, -0.2) is 4.79 Å². The number of carbonyl (C=O) groups excluding carboxylic acids is 2. The van der Waals surface area contributed by atoms with Gasteiger partial charge in [0.05, 0.1) is 18.7 Å². The van der Waals surface area contributed by atoms with E-state index in [-0.39, 0.29) is 17.8 Å². The lowest BCUT2D eigenvalue weighted by atomic mass is 9.96. The predicted molar refractivity (Wildman–Crippen MR) is 106 cm³/mol. The number of benzene rings is 3. The molecule has 0 aliphatic heterocycles. The van der Waals surface area contributed by atoms with Crippen molar-refractivity contribution in [3.05, 3.63) is 102 Å². The van der Waals surface area contributed by atoms with Crippen molar-refractivity contribution in [3.8, 4) is 0 Å². The van der Waals surface area contributed by atoms with Crippen molar-refractivity contribution < 1.29 is 14.3 Å². The van der Waals surface area contributed by atoms with Crippen LogP contribution in [0.15, 0.2) is 84.9 Å². The summed E-state index contributed by atoms with van der Waals surface area (Å²) in [6.07, 6.45) is 0.302. The summed E-state index contributed by atoms with van der Waals surface area (Å²) in [7, 11) is 1.36. The lowest BCUT2D eigenvalue weighted by Gasteiger charge is -2.20. The third-order valence-electron chi connectivity index (χ3n) is 4.33. The van der Waals surface area contributed by atoms with Crippen molar-refractivity contribution in [2.45, 2.75) is 12.5 Å². The molecule has 0 bridgehead atoms. The van der Waals surface area contributed by atoms with Crippen molar-refractivity contribution in [1.82, 2.24) is 0 Å². The number of nitrogens with one attached hydrogen (secondary N) is 1. The van der Waals surface area contributed by atoms with Crippen molar-refractivity contribution in [2.75, 3.05) is 12.4 Å². The summed E-state index contributed by atoms with van der Waals surface area (Å²) in [5.74, 6) is -0.324. The van der Waals surface area contributed by atoms with Gasteiger partial charge in [-0.05, 0) is 29.8 Å². The number of ether oxygens (including phenoxy) is 1. The molecule has 27 heavy (non-hydrogen) atoms. The van der Waals surface area contributed by atoms with Gasteiger partial charge in [0, 0.05) is 17.7 Å². The van der Waals surface area contributed by atoms with Crippen LogP contribution in [0.4, 0.5) is 5.69 Å². The third-order valence-corrected chi connectivity index (χ3v) is 4.33. The van der Waals surface area contributed by atoms with E-state index in [0.717, 1.165) is 11.3 Å². The van der Waals surface area contributed by atoms with Gasteiger partial charge < -0.3 is 10.1 Å². The van der Waals surface area contributed by atoms with E-state index in [1.807, 2.05) is 72.8 Å². The molecule has 0 heterocycles. The summed E-state index contributed by atoms with van der Waals surface area (Å²) >= 11 is 0. The largest absolute Gasteiger partial charge is 0.465 e. The molecule has 4 nitrogen and oxygen atoms in total. The van der Waals surface area contributed by atoms with Gasteiger partial charge in [-0.1, -0.05) is 60.7 Å². The fourth-order valence-electron chi connectivity index (χ4n) is 2.88. The molecule has 0 fully saturated rings. The van der Waals surface area contributed by atoms with Crippen LogP contribution in [0.1, 0.15) is 38.7 Å². The van der Waals surface area contributed by atoms with Crippen LogP contribution in [0.5, 0.6) is 0 Å². The molecular formula is C23H21NO3. The van der Waals surface area contributed by atoms with Crippen LogP contribution in [0.25, 0.3) is 0 Å². The quantitative estimate of drug-likeness (QED) is 0.481. The zero-order valence-electron chi connectivity index (χ0n) is 15.1. The Morgan fingerprint density at radius 2 is 1.41 bits per heavy atom. The highest BCUT2D eigenvalue weighted by molar-refractivity contribution is 5.96. The first-order valence-electron chi connectivity index (χ1n) is 8.75. The highest BCUT2D eigenvalue weighted by atomic mass is 16.5. The second kappa shape index (κ2) is 8.81. The number of ketones is 1. The SMILES string of the molecule is COC(=O)c1ccc([C@H](CC(=O)c2ccccc2)Nc2ccccc2)cc1. The van der Waals surface area contributed by atoms with E-state index in [9.17, 15) is 9.59 Å². The second-order valence-corrected chi connectivity index (χ2v) is 6.17. The molecule has 0 saturated heterocycles. The fraction of sp³-hybridized carbons (Fsp3) is 0.130. The zero-order chi connectivity index (χ0) is 19.1. The van der Waals surface area contributed by atoms with E-state index in [1.165, 1.54) is 7.11 Å². The Balaban J connectivity index is 1.85. The van der Waals surface area contributed by atoms with Crippen LogP contribution in [-0.4, -0.2) is 18.9 Å². The van der Waals surface area contributed by atoms with Gasteiger partial charge in [0.25, 0.3) is 0 Å². The van der Waals surface area contributed by atoms with Gasteiger partial charge in [-0.2, -0.15) is 0 Å². The van der Waals surface area contributed by atoms with E-state index in [1.54, 1.807) is 12.1 Å². The van der Waals surface area contributed by atoms with E-state index < -0.39 is 0 Å². The molecule has 3 rings (SSSR count). The molecule has 1 atom stereocenters. The van der Waals surface area contributed by atoms with Gasteiger partial charge in [0.1, 0.15) is 0 Å². The molecule has 0 aliphatic rings. The van der Waals surface area contributed by atoms with Gasteiger partial charge in [0.2, 0.25) is 0 Å². The number of Topliss-reactive ketones (excluding diaryl/α,β-unsaturated/α-hetero) is 1. The normalized spacial score (nSPS) is 11.4. The van der Waals surface area contributed by atoms with E-state index in [4.69, 9.17) is 4.74 Å². The summed E-state index contributed by atoms with van der Waals surface area (Å²) in [6.45, 7) is 0. The molecule has 0 saturated carbocycles. The maximum absolute atomic E-state index is 12.7. The van der Waals surface area contributed by atoms with Gasteiger partial charge in [-0.15, -0.1) is 0 Å². The van der Waals surface area contributed by atoms with Gasteiger partial charge in [-0.3, -0.25) is 4.79 Å². The minimum absolute atomic E-state index is 0.0566. The Bertz CT molecular complexity index is 890. The first-order chi connectivity index (χ1) is 13.2. The maximum Gasteiger partial charge on any atom is 0.337 e. The highest BCUT2D eigenvalue weighted by Crippen LogP contribution is 2.25. The monoisotopic (exact) mass is 359 g/mol. The number of hydrogen-bond acceptors (Lipinski definition) is 4. The average Bonchev–Trinajstić information content (AvgIpc) is 2.74. The molecule has 136 valence electrons. The van der Waals surface area contributed by atoms with Crippen LogP contribution in [-0.2, 0) is 4.74 Å². The van der Waals surface area contributed by atoms with Crippen molar-refractivity contribution in [2.24, 2.45) is 0 Å². The number of rotatable bonds is 7. The number of hydrogen-bond donors (Lipinski definition) is 1. The van der Waals surface area contributed by atoms with Crippen molar-refractivity contribution >= 4 is 17.4 Å². The van der Waals surface area contributed by atoms with Crippen LogP contribution >= 0.6 is 0 Å². The first-order valence-corrected chi connectivity index (χ1v) is 8.75. The Hall–Kier alpha value is -3.40. The van der Waals surface area contributed by atoms with Crippen LogP contribution < -0.4 is 5.32 Å². The van der Waals surface area contributed by atoms with E-state index >= 15 is 0 Å². The molecule has 0 spiro atoms. The molecular weight excluding hydrogens is 338 g/mol. The lowest BCUT2D eigenvalue weighted by Crippen LogP contribution is -2.16. The zero-order valence-corrected chi connectivity index (χ0v) is 15.1. The summed E-state index contributed by atoms with van der Waals surface area (Å²) < 4.78 is 4.75. The van der Waals surface area contributed by atoms with Gasteiger partial charge >= 0.3 is 5.97 Å². The third kappa shape index (κ3) is 4.82. The molecule has 0 aliphatic carbocycles. The number of carbonyl (C=O) groups is 2. The summed E-state index contributed by atoms with van der Waals surface area (Å²) in [5, 5.41) is 3.42. The predicted octanol–water partition coefficient (Wildman–Crippen LogP) is 4.90. The minimum atomic E-state index is -0.380. The molecule has 3 aromatic rings. The van der Waals surface area contributed by atoms with Gasteiger partial charge in [0.15, 0.2) is 5.78 Å². The topological polar surface area (TPSA) is 55.4 Å². The molecule has 3 aromatic carbocycles. The Kier molecular flexibility index (Phi) is 6.00. The fourth-order valence-corrected chi connectivity index (χ4v) is 2.88. The Labute approximate surface area is 158 Å². The number of methoxy groups -OCH3 is 1. The summed E-state index contributed by atoms with van der Waals surface area (Å²) in [6, 6.07) is 25.9. The van der Waals surface area contributed by atoms with E-state index in [0.29, 0.717) is 17.5 Å². The first kappa shape index (κ1) is 18.4. The van der Waals surface area contributed by atoms with E-state index in [2.05, 4.69) is 5.32 Å². The molecule has 0 aromatic heterocycles. The standard InChI is InChI=1S/C23H21NO3/c1-27-23(26)19-14-12-17(13-15-19)21(24-20-10-6-3-7-11-20)16-22(25)18-8-4-2-5-9-18/h2-15,21,24H,16H2,1H3/t21-/m0/s1. The van der Waals surface area contributed by atoms with Crippen molar-refractivity contribution in [3.63, 3.8) is 0 Å². The summed E-state index contributed by atoms with van der Waals surface area (Å²) in [5.41, 5.74) is 3.02. The average molecular weight is 359 g/mol. The number of anilines is 1. The Morgan fingerprint density at radius 1 is 0.815 bits per heavy atom. The Morgan fingerprint density at radius 3 is 2.00 bits per heavy atom. The van der Waals surface area contributed by atoms with Crippen LogP contribution in [0.3, 0.4) is 0 Å². The molecule has 4 heteroatoms. The molecule has 0 unspecified atom stereocenters. The molecule has 0 radical (unpaired) electrons. The minimum Gasteiger partial charge on any atom is -0.465 e. The summed E-state index contributed by atoms with van der Waals surface area (Å²) in [4.78, 5) is 24.4. The number of esters is 1.